The predicted molar refractivity (Wildman–Crippen MR) is 64.9 cm³/mol. The Labute approximate surface area is 94.6 Å². The van der Waals surface area contributed by atoms with Crippen molar-refractivity contribution in [2.24, 2.45) is 11.8 Å². The fourth-order valence-electron chi connectivity index (χ4n) is 2.65. The largest absolute Gasteiger partial charge is 0.299 e. The third-order valence-corrected chi connectivity index (χ3v) is 3.90. The zero-order valence-corrected chi connectivity index (χ0v) is 10.4. The van der Waals surface area contributed by atoms with E-state index in [-0.39, 0.29) is 0 Å². The van der Waals surface area contributed by atoms with Gasteiger partial charge in [-0.2, -0.15) is 0 Å². The molecule has 0 heterocycles. The Morgan fingerprint density at radius 2 is 1.80 bits per heavy atom. The molecule has 0 aromatic rings. The zero-order chi connectivity index (χ0) is 11.1. The zero-order valence-electron chi connectivity index (χ0n) is 10.4. The molecule has 15 heavy (non-hydrogen) atoms. The van der Waals surface area contributed by atoms with Gasteiger partial charge < -0.3 is 0 Å². The maximum atomic E-state index is 11.4. The van der Waals surface area contributed by atoms with Crippen molar-refractivity contribution in [1.29, 1.82) is 0 Å². The first kappa shape index (κ1) is 12.7. The smallest absolute Gasteiger partial charge is 0.135 e. The molecule has 1 nitrogen and oxygen atoms in total. The molecule has 1 fully saturated rings. The number of rotatable bonds is 7. The first-order valence-electron chi connectivity index (χ1n) is 6.78. The molecule has 1 saturated carbocycles. The van der Waals surface area contributed by atoms with Gasteiger partial charge in [-0.3, -0.25) is 4.79 Å². The third-order valence-electron chi connectivity index (χ3n) is 3.90. The van der Waals surface area contributed by atoms with E-state index in [1.54, 1.807) is 0 Å². The van der Waals surface area contributed by atoms with Crippen LogP contribution in [0, 0.1) is 11.8 Å². The molecule has 0 aromatic heterocycles. The highest BCUT2D eigenvalue weighted by molar-refractivity contribution is 5.82. The summed E-state index contributed by atoms with van der Waals surface area (Å²) in [6.07, 6.45) is 11.5. The molecule has 1 aliphatic carbocycles. The lowest BCUT2D eigenvalue weighted by molar-refractivity contribution is -0.120. The van der Waals surface area contributed by atoms with Crippen LogP contribution in [0.4, 0.5) is 0 Å². The summed E-state index contributed by atoms with van der Waals surface area (Å²) in [7, 11) is 0. The Bertz CT molecular complexity index is 186. The lowest BCUT2D eigenvalue weighted by atomic mass is 9.91. The highest BCUT2D eigenvalue weighted by atomic mass is 16.1. The van der Waals surface area contributed by atoms with Crippen molar-refractivity contribution in [3.63, 3.8) is 0 Å². The van der Waals surface area contributed by atoms with E-state index in [9.17, 15) is 4.79 Å². The van der Waals surface area contributed by atoms with Crippen molar-refractivity contribution < 1.29 is 4.79 Å². The van der Waals surface area contributed by atoms with Crippen LogP contribution in [-0.4, -0.2) is 5.78 Å². The third kappa shape index (κ3) is 4.36. The summed E-state index contributed by atoms with van der Waals surface area (Å²) in [4.78, 5) is 11.4. The van der Waals surface area contributed by atoms with Crippen molar-refractivity contribution in [1.82, 2.24) is 0 Å². The summed E-state index contributed by atoms with van der Waals surface area (Å²) in [5.74, 6) is 1.58. The van der Waals surface area contributed by atoms with E-state index in [1.807, 2.05) is 0 Å². The van der Waals surface area contributed by atoms with E-state index in [0.29, 0.717) is 17.6 Å². The van der Waals surface area contributed by atoms with Crippen LogP contribution < -0.4 is 0 Å². The lowest BCUT2D eigenvalue weighted by Crippen LogP contribution is -2.10. The van der Waals surface area contributed by atoms with Crippen LogP contribution in [0.3, 0.4) is 0 Å². The van der Waals surface area contributed by atoms with Gasteiger partial charge >= 0.3 is 0 Å². The van der Waals surface area contributed by atoms with E-state index >= 15 is 0 Å². The van der Waals surface area contributed by atoms with Gasteiger partial charge in [-0.15, -0.1) is 0 Å². The average Bonchev–Trinajstić information content (AvgIpc) is 2.54. The number of hydrogen-bond donors (Lipinski definition) is 0. The molecule has 88 valence electrons. The van der Waals surface area contributed by atoms with Crippen LogP contribution in [0.15, 0.2) is 0 Å². The number of carbonyl (C=O) groups excluding carboxylic acids is 1. The Kier molecular flexibility index (Phi) is 5.97. The second kappa shape index (κ2) is 7.03. The molecule has 0 bridgehead atoms. The van der Waals surface area contributed by atoms with Crippen molar-refractivity contribution in [2.75, 3.05) is 0 Å². The fraction of sp³-hybridized carbons (Fsp3) is 0.929. The quantitative estimate of drug-likeness (QED) is 0.571. The van der Waals surface area contributed by atoms with Gasteiger partial charge in [0.25, 0.3) is 0 Å². The summed E-state index contributed by atoms with van der Waals surface area (Å²) in [6.45, 7) is 4.38. The van der Waals surface area contributed by atoms with Crippen LogP contribution in [0.5, 0.6) is 0 Å². The maximum Gasteiger partial charge on any atom is 0.135 e. The van der Waals surface area contributed by atoms with E-state index in [0.717, 1.165) is 12.8 Å². The van der Waals surface area contributed by atoms with Crippen LogP contribution in [-0.2, 0) is 4.79 Å². The molecule has 2 atom stereocenters. The fourth-order valence-corrected chi connectivity index (χ4v) is 2.65. The molecule has 1 rings (SSSR count). The van der Waals surface area contributed by atoms with Gasteiger partial charge in [0.05, 0.1) is 0 Å². The summed E-state index contributed by atoms with van der Waals surface area (Å²) in [5, 5.41) is 0. The molecule has 1 heteroatoms. The van der Waals surface area contributed by atoms with E-state index in [4.69, 9.17) is 0 Å². The molecule has 0 saturated heterocycles. The number of Topliss-reactive ketones (excluding diaryl/α,β-unsaturated/α-hetero) is 1. The van der Waals surface area contributed by atoms with Crippen LogP contribution >= 0.6 is 0 Å². The van der Waals surface area contributed by atoms with Gasteiger partial charge in [0, 0.05) is 12.3 Å². The molecule has 0 spiro atoms. The van der Waals surface area contributed by atoms with Crippen LogP contribution in [0.25, 0.3) is 0 Å². The van der Waals surface area contributed by atoms with Gasteiger partial charge in [0.2, 0.25) is 0 Å². The van der Waals surface area contributed by atoms with Gasteiger partial charge in [-0.1, -0.05) is 52.4 Å². The lowest BCUT2D eigenvalue weighted by Gasteiger charge is -2.13. The maximum absolute atomic E-state index is 11.4. The minimum absolute atomic E-state index is 0.362. The van der Waals surface area contributed by atoms with Crippen LogP contribution in [0.2, 0.25) is 0 Å². The summed E-state index contributed by atoms with van der Waals surface area (Å²) < 4.78 is 0. The molecule has 0 radical (unpaired) electrons. The minimum atomic E-state index is 0.362. The summed E-state index contributed by atoms with van der Waals surface area (Å²) >= 11 is 0. The summed E-state index contributed by atoms with van der Waals surface area (Å²) in [5.41, 5.74) is 0. The molecular weight excluding hydrogens is 184 g/mol. The highest BCUT2D eigenvalue weighted by Crippen LogP contribution is 2.32. The molecule has 0 amide bonds. The van der Waals surface area contributed by atoms with E-state index in [2.05, 4.69) is 13.8 Å². The molecule has 0 N–H and O–H groups in total. The molecule has 2 unspecified atom stereocenters. The highest BCUT2D eigenvalue weighted by Gasteiger charge is 2.29. The first-order chi connectivity index (χ1) is 7.25. The monoisotopic (exact) mass is 210 g/mol. The number of ketones is 1. The van der Waals surface area contributed by atoms with Gasteiger partial charge in [-0.25, -0.2) is 0 Å². The Balaban J connectivity index is 1.98. The predicted octanol–water partition coefficient (Wildman–Crippen LogP) is 4.35. The van der Waals surface area contributed by atoms with Gasteiger partial charge in [-0.05, 0) is 18.8 Å². The van der Waals surface area contributed by atoms with Crippen molar-refractivity contribution in [3.8, 4) is 0 Å². The minimum Gasteiger partial charge on any atom is -0.299 e. The van der Waals surface area contributed by atoms with Crippen molar-refractivity contribution in [3.05, 3.63) is 0 Å². The number of unbranched alkanes of at least 4 members (excludes halogenated alkanes) is 5. The average molecular weight is 210 g/mol. The Morgan fingerprint density at radius 1 is 1.13 bits per heavy atom. The molecular formula is C14H26O. The van der Waals surface area contributed by atoms with Gasteiger partial charge in [0.1, 0.15) is 5.78 Å². The standard InChI is InChI=1S/C14H26O/c1-3-4-5-6-7-8-9-13-10-11-14(15)12(13)2/h12-13H,3-11H2,1-2H3. The molecule has 0 aliphatic heterocycles. The second-order valence-corrected chi connectivity index (χ2v) is 5.11. The summed E-state index contributed by atoms with van der Waals surface area (Å²) in [6, 6.07) is 0. The van der Waals surface area contributed by atoms with E-state index in [1.165, 1.54) is 44.9 Å². The molecule has 0 aromatic carbocycles. The SMILES string of the molecule is CCCCCCCCC1CCC(=O)C1C. The number of hydrogen-bond acceptors (Lipinski definition) is 1. The molecule has 1 aliphatic rings. The van der Waals surface area contributed by atoms with Gasteiger partial charge in [0.15, 0.2) is 0 Å². The number of carbonyl (C=O) groups is 1. The second-order valence-electron chi connectivity index (χ2n) is 5.11. The topological polar surface area (TPSA) is 17.1 Å². The Morgan fingerprint density at radius 3 is 2.40 bits per heavy atom. The first-order valence-corrected chi connectivity index (χ1v) is 6.78. The van der Waals surface area contributed by atoms with Crippen molar-refractivity contribution in [2.45, 2.75) is 71.6 Å². The van der Waals surface area contributed by atoms with E-state index < -0.39 is 0 Å². The Hall–Kier alpha value is -0.330. The van der Waals surface area contributed by atoms with Crippen LogP contribution in [0.1, 0.15) is 71.6 Å². The normalized spacial score (nSPS) is 26.1. The van der Waals surface area contributed by atoms with Crippen molar-refractivity contribution >= 4 is 5.78 Å².